The molecular formula is C15H21NO3. The first-order valence-electron chi connectivity index (χ1n) is 6.92. The maximum absolute atomic E-state index is 11.6. The van der Waals surface area contributed by atoms with E-state index in [2.05, 4.69) is 0 Å². The minimum absolute atomic E-state index is 0.123. The Bertz CT molecular complexity index is 396. The van der Waals surface area contributed by atoms with Gasteiger partial charge in [-0.2, -0.15) is 0 Å². The van der Waals surface area contributed by atoms with Crippen LogP contribution in [0.2, 0.25) is 0 Å². The fourth-order valence-corrected chi connectivity index (χ4v) is 2.24. The van der Waals surface area contributed by atoms with Gasteiger partial charge in [0.05, 0.1) is 13.0 Å². The van der Waals surface area contributed by atoms with E-state index in [4.69, 9.17) is 15.2 Å². The molecule has 0 spiro atoms. The predicted molar refractivity (Wildman–Crippen MR) is 73.9 cm³/mol. The number of benzene rings is 1. The molecule has 1 fully saturated rings. The third-order valence-electron chi connectivity index (χ3n) is 3.31. The molecular weight excluding hydrogens is 242 g/mol. The summed E-state index contributed by atoms with van der Waals surface area (Å²) in [5, 5.41) is 0. The molecule has 1 aliphatic carbocycles. The number of rotatable bonds is 5. The molecule has 0 aromatic heterocycles. The van der Waals surface area contributed by atoms with Crippen molar-refractivity contribution in [3.05, 3.63) is 24.3 Å². The van der Waals surface area contributed by atoms with Crippen LogP contribution in [-0.2, 0) is 9.53 Å². The summed E-state index contributed by atoms with van der Waals surface area (Å²) in [5.74, 6) is 0.557. The Morgan fingerprint density at radius 3 is 2.53 bits per heavy atom. The minimum Gasteiger partial charge on any atom is -0.493 e. The molecule has 0 unspecified atom stereocenters. The van der Waals surface area contributed by atoms with Crippen LogP contribution in [0.1, 0.15) is 38.5 Å². The van der Waals surface area contributed by atoms with Crippen LogP contribution >= 0.6 is 0 Å². The van der Waals surface area contributed by atoms with Crippen molar-refractivity contribution in [2.75, 3.05) is 12.3 Å². The van der Waals surface area contributed by atoms with Crippen LogP contribution in [0.25, 0.3) is 0 Å². The van der Waals surface area contributed by atoms with Crippen LogP contribution in [0.3, 0.4) is 0 Å². The quantitative estimate of drug-likeness (QED) is 0.655. The second-order valence-electron chi connectivity index (χ2n) is 4.92. The first-order valence-corrected chi connectivity index (χ1v) is 6.92. The highest BCUT2D eigenvalue weighted by molar-refractivity contribution is 5.69. The number of carbonyl (C=O) groups excluding carboxylic acids is 1. The molecule has 0 atom stereocenters. The van der Waals surface area contributed by atoms with E-state index in [0.29, 0.717) is 18.7 Å². The molecule has 4 nitrogen and oxygen atoms in total. The fraction of sp³-hybridized carbons (Fsp3) is 0.533. The first-order chi connectivity index (χ1) is 9.24. The lowest BCUT2D eigenvalue weighted by atomic mass is 9.98. The van der Waals surface area contributed by atoms with Gasteiger partial charge in [0, 0.05) is 5.69 Å². The maximum Gasteiger partial charge on any atom is 0.309 e. The van der Waals surface area contributed by atoms with Crippen LogP contribution in [0.5, 0.6) is 5.75 Å². The van der Waals surface area contributed by atoms with Crippen LogP contribution in [0.4, 0.5) is 5.69 Å². The molecule has 0 saturated heterocycles. The molecule has 104 valence electrons. The normalized spacial score (nSPS) is 16.0. The van der Waals surface area contributed by atoms with Crippen molar-refractivity contribution in [3.63, 3.8) is 0 Å². The third-order valence-corrected chi connectivity index (χ3v) is 3.31. The highest BCUT2D eigenvalue weighted by Crippen LogP contribution is 2.20. The Hall–Kier alpha value is -1.71. The van der Waals surface area contributed by atoms with Gasteiger partial charge in [-0.05, 0) is 49.9 Å². The number of hydrogen-bond acceptors (Lipinski definition) is 4. The molecule has 0 aliphatic heterocycles. The van der Waals surface area contributed by atoms with E-state index in [1.807, 2.05) is 0 Å². The summed E-state index contributed by atoms with van der Waals surface area (Å²) in [7, 11) is 0. The number of carbonyl (C=O) groups is 1. The van der Waals surface area contributed by atoms with Crippen LogP contribution in [-0.4, -0.2) is 18.7 Å². The Morgan fingerprint density at radius 2 is 1.84 bits per heavy atom. The second-order valence-corrected chi connectivity index (χ2v) is 4.92. The molecule has 1 aromatic rings. The summed E-state index contributed by atoms with van der Waals surface area (Å²) in [5.41, 5.74) is 6.28. The molecule has 4 heteroatoms. The summed E-state index contributed by atoms with van der Waals surface area (Å²) in [6, 6.07) is 7.13. The molecule has 1 saturated carbocycles. The van der Waals surface area contributed by atoms with Crippen molar-refractivity contribution >= 4 is 11.7 Å². The monoisotopic (exact) mass is 263 g/mol. The van der Waals surface area contributed by atoms with Crippen LogP contribution in [0, 0.1) is 0 Å². The van der Waals surface area contributed by atoms with Gasteiger partial charge in [0.2, 0.25) is 0 Å². The molecule has 0 heterocycles. The van der Waals surface area contributed by atoms with E-state index < -0.39 is 0 Å². The first kappa shape index (κ1) is 13.7. The van der Waals surface area contributed by atoms with Gasteiger partial charge >= 0.3 is 5.97 Å². The summed E-state index contributed by atoms with van der Waals surface area (Å²) in [6.45, 7) is 0.343. The van der Waals surface area contributed by atoms with Gasteiger partial charge in [0.1, 0.15) is 11.9 Å². The van der Waals surface area contributed by atoms with E-state index in [1.165, 1.54) is 19.3 Å². The molecule has 1 aromatic carbocycles. The molecule has 1 aliphatic rings. The summed E-state index contributed by atoms with van der Waals surface area (Å²) in [6.07, 6.45) is 6.02. The second kappa shape index (κ2) is 7.02. The number of ether oxygens (including phenoxy) is 2. The van der Waals surface area contributed by atoms with E-state index in [9.17, 15) is 4.79 Å². The lowest BCUT2D eigenvalue weighted by Gasteiger charge is -2.21. The molecule has 2 N–H and O–H groups in total. The highest BCUT2D eigenvalue weighted by Gasteiger charge is 2.17. The van der Waals surface area contributed by atoms with Crippen molar-refractivity contribution in [2.24, 2.45) is 0 Å². The number of esters is 1. The smallest absolute Gasteiger partial charge is 0.309 e. The third kappa shape index (κ3) is 4.81. The number of anilines is 1. The average molecular weight is 263 g/mol. The topological polar surface area (TPSA) is 61.5 Å². The zero-order valence-corrected chi connectivity index (χ0v) is 11.1. The highest BCUT2D eigenvalue weighted by atomic mass is 16.5. The SMILES string of the molecule is Nc1ccc(OCCC(=O)OC2CCCCC2)cc1. The Balaban J connectivity index is 1.64. The Kier molecular flexibility index (Phi) is 5.07. The van der Waals surface area contributed by atoms with Crippen molar-refractivity contribution in [2.45, 2.75) is 44.6 Å². The van der Waals surface area contributed by atoms with E-state index >= 15 is 0 Å². The summed E-state index contributed by atoms with van der Waals surface area (Å²) in [4.78, 5) is 11.6. The lowest BCUT2D eigenvalue weighted by Crippen LogP contribution is -2.21. The van der Waals surface area contributed by atoms with Crippen molar-refractivity contribution in [3.8, 4) is 5.75 Å². The molecule has 0 radical (unpaired) electrons. The van der Waals surface area contributed by atoms with Crippen LogP contribution < -0.4 is 10.5 Å². The van der Waals surface area contributed by atoms with E-state index in [-0.39, 0.29) is 12.1 Å². The van der Waals surface area contributed by atoms with E-state index in [1.54, 1.807) is 24.3 Å². The predicted octanol–water partition coefficient (Wildman–Crippen LogP) is 2.91. The number of nitrogens with two attached hydrogens (primary N) is 1. The van der Waals surface area contributed by atoms with Crippen molar-refractivity contribution in [1.29, 1.82) is 0 Å². The van der Waals surface area contributed by atoms with Gasteiger partial charge in [-0.1, -0.05) is 6.42 Å². The molecule has 19 heavy (non-hydrogen) atoms. The summed E-state index contributed by atoms with van der Waals surface area (Å²) >= 11 is 0. The maximum atomic E-state index is 11.6. The Labute approximate surface area is 113 Å². The zero-order valence-electron chi connectivity index (χ0n) is 11.1. The van der Waals surface area contributed by atoms with Gasteiger partial charge in [-0.3, -0.25) is 4.79 Å². The number of nitrogen functional groups attached to an aromatic ring is 1. The standard InChI is InChI=1S/C15H21NO3/c16-12-6-8-13(9-7-12)18-11-10-15(17)19-14-4-2-1-3-5-14/h6-9,14H,1-5,10-11,16H2. The van der Waals surface area contributed by atoms with Gasteiger partial charge in [-0.25, -0.2) is 0 Å². The van der Waals surface area contributed by atoms with Crippen molar-refractivity contribution < 1.29 is 14.3 Å². The minimum atomic E-state index is -0.164. The van der Waals surface area contributed by atoms with Gasteiger partial charge in [0.15, 0.2) is 0 Å². The van der Waals surface area contributed by atoms with Gasteiger partial charge < -0.3 is 15.2 Å². The van der Waals surface area contributed by atoms with Crippen LogP contribution in [0.15, 0.2) is 24.3 Å². The fourth-order valence-electron chi connectivity index (χ4n) is 2.24. The largest absolute Gasteiger partial charge is 0.493 e. The summed E-state index contributed by atoms with van der Waals surface area (Å²) < 4.78 is 10.9. The van der Waals surface area contributed by atoms with E-state index in [0.717, 1.165) is 18.6 Å². The zero-order chi connectivity index (χ0) is 13.5. The Morgan fingerprint density at radius 1 is 1.16 bits per heavy atom. The van der Waals surface area contributed by atoms with Gasteiger partial charge in [0.25, 0.3) is 0 Å². The lowest BCUT2D eigenvalue weighted by molar-refractivity contribution is -0.151. The number of hydrogen-bond donors (Lipinski definition) is 1. The molecule has 2 rings (SSSR count). The average Bonchev–Trinajstić information content (AvgIpc) is 2.42. The molecule has 0 amide bonds. The van der Waals surface area contributed by atoms with Crippen molar-refractivity contribution in [1.82, 2.24) is 0 Å². The molecule has 0 bridgehead atoms. The van der Waals surface area contributed by atoms with Gasteiger partial charge in [-0.15, -0.1) is 0 Å².